The fraction of sp³-hybridized carbons (Fsp3) is 0.667. The fourth-order valence-electron chi connectivity index (χ4n) is 3.24. The molecule has 170 valence electrons. The van der Waals surface area contributed by atoms with Gasteiger partial charge >= 0.3 is 6.09 Å². The van der Waals surface area contributed by atoms with Gasteiger partial charge < -0.3 is 19.3 Å². The molecule has 1 amide bonds. The van der Waals surface area contributed by atoms with E-state index in [1.54, 1.807) is 46.4 Å². The van der Waals surface area contributed by atoms with Gasteiger partial charge in [0.2, 0.25) is 0 Å². The SMILES string of the molecule is CC(C)(C)OC(=O)N1CCC(C(N[S+]([O-])C(C)(C)C)c2ccc(F)c(O)c2F)CC1. The van der Waals surface area contributed by atoms with Crippen LogP contribution in [0.25, 0.3) is 0 Å². The molecule has 1 aliphatic rings. The van der Waals surface area contributed by atoms with Gasteiger partial charge in [0.1, 0.15) is 10.3 Å². The van der Waals surface area contributed by atoms with Gasteiger partial charge in [0.25, 0.3) is 0 Å². The minimum absolute atomic E-state index is 0.0576. The van der Waals surface area contributed by atoms with E-state index in [0.29, 0.717) is 25.9 Å². The van der Waals surface area contributed by atoms with Gasteiger partial charge in [0, 0.05) is 30.0 Å². The number of phenols is 1. The first-order valence-electron chi connectivity index (χ1n) is 10.0. The van der Waals surface area contributed by atoms with Crippen LogP contribution >= 0.6 is 0 Å². The van der Waals surface area contributed by atoms with Crippen molar-refractivity contribution in [2.75, 3.05) is 13.1 Å². The second-order valence-corrected chi connectivity index (χ2v) is 11.6. The molecule has 1 aromatic rings. The van der Waals surface area contributed by atoms with Crippen molar-refractivity contribution in [3.05, 3.63) is 29.3 Å². The van der Waals surface area contributed by atoms with Crippen molar-refractivity contribution in [1.82, 2.24) is 9.62 Å². The summed E-state index contributed by atoms with van der Waals surface area (Å²) in [5.74, 6) is -3.33. The molecule has 1 heterocycles. The summed E-state index contributed by atoms with van der Waals surface area (Å²) in [5.41, 5.74) is -0.543. The highest BCUT2D eigenvalue weighted by Crippen LogP contribution is 2.37. The van der Waals surface area contributed by atoms with Crippen LogP contribution in [0.2, 0.25) is 0 Å². The zero-order valence-electron chi connectivity index (χ0n) is 18.4. The first-order chi connectivity index (χ1) is 13.7. The van der Waals surface area contributed by atoms with Crippen molar-refractivity contribution in [2.45, 2.75) is 70.8 Å². The van der Waals surface area contributed by atoms with Crippen LogP contribution in [0.4, 0.5) is 13.6 Å². The molecule has 0 aromatic heterocycles. The lowest BCUT2D eigenvalue weighted by atomic mass is 9.85. The molecule has 1 aliphatic heterocycles. The predicted octanol–water partition coefficient (Wildman–Crippen LogP) is 4.41. The number of benzene rings is 1. The highest BCUT2D eigenvalue weighted by atomic mass is 32.2. The van der Waals surface area contributed by atoms with E-state index >= 15 is 0 Å². The van der Waals surface area contributed by atoms with E-state index in [4.69, 9.17) is 4.74 Å². The van der Waals surface area contributed by atoms with E-state index in [0.717, 1.165) is 6.07 Å². The quantitative estimate of drug-likeness (QED) is 0.669. The third-order valence-electron chi connectivity index (χ3n) is 4.88. The van der Waals surface area contributed by atoms with Gasteiger partial charge in [-0.05, 0) is 66.4 Å². The van der Waals surface area contributed by atoms with E-state index in [1.165, 1.54) is 6.07 Å². The second kappa shape index (κ2) is 9.28. The molecule has 2 N–H and O–H groups in total. The molecule has 2 unspecified atom stereocenters. The maximum atomic E-state index is 14.7. The van der Waals surface area contributed by atoms with Crippen LogP contribution in [0, 0.1) is 17.6 Å². The number of phenolic OH excluding ortho intramolecular Hbond substituents is 1. The summed E-state index contributed by atoms with van der Waals surface area (Å²) in [4.78, 5) is 13.9. The Kier molecular flexibility index (Phi) is 7.63. The number of ether oxygens (including phenoxy) is 1. The van der Waals surface area contributed by atoms with Gasteiger partial charge in [0.15, 0.2) is 17.4 Å². The number of hydrogen-bond donors (Lipinski definition) is 2. The lowest BCUT2D eigenvalue weighted by Gasteiger charge is -2.38. The molecule has 1 fully saturated rings. The molecule has 0 spiro atoms. The van der Waals surface area contributed by atoms with Gasteiger partial charge in [-0.1, -0.05) is 6.07 Å². The van der Waals surface area contributed by atoms with Crippen LogP contribution in [-0.4, -0.2) is 44.1 Å². The van der Waals surface area contributed by atoms with E-state index in [-0.39, 0.29) is 11.5 Å². The van der Waals surface area contributed by atoms with Crippen LogP contribution in [0.3, 0.4) is 0 Å². The number of piperidine rings is 1. The Morgan fingerprint density at radius 1 is 1.23 bits per heavy atom. The highest BCUT2D eigenvalue weighted by Gasteiger charge is 2.38. The largest absolute Gasteiger partial charge is 0.598 e. The van der Waals surface area contributed by atoms with E-state index in [1.807, 2.05) is 0 Å². The molecule has 0 bridgehead atoms. The number of halogens is 2. The van der Waals surface area contributed by atoms with E-state index < -0.39 is 51.2 Å². The molecule has 2 atom stereocenters. The number of carbonyl (C=O) groups is 1. The summed E-state index contributed by atoms with van der Waals surface area (Å²) in [6.07, 6.45) is 0.611. The Morgan fingerprint density at radius 3 is 2.30 bits per heavy atom. The highest BCUT2D eigenvalue weighted by molar-refractivity contribution is 7.90. The van der Waals surface area contributed by atoms with Gasteiger partial charge in [-0.25, -0.2) is 13.6 Å². The normalized spacial score (nSPS) is 18.2. The molecule has 0 saturated carbocycles. The molecule has 30 heavy (non-hydrogen) atoms. The molecule has 9 heteroatoms. The van der Waals surface area contributed by atoms with Crippen LogP contribution in [-0.2, 0) is 16.1 Å². The summed E-state index contributed by atoms with van der Waals surface area (Å²) < 4.78 is 48.8. The number of nitrogens with one attached hydrogen (secondary N) is 1. The van der Waals surface area contributed by atoms with Crippen molar-refractivity contribution < 1.29 is 28.0 Å². The molecule has 6 nitrogen and oxygen atoms in total. The zero-order valence-corrected chi connectivity index (χ0v) is 19.2. The Balaban J connectivity index is 2.23. The van der Waals surface area contributed by atoms with Crippen molar-refractivity contribution >= 4 is 17.5 Å². The number of nitrogens with zero attached hydrogens (tertiary/aromatic N) is 1. The van der Waals surface area contributed by atoms with Crippen molar-refractivity contribution in [3.63, 3.8) is 0 Å². The fourth-order valence-corrected chi connectivity index (χ4v) is 4.15. The van der Waals surface area contributed by atoms with Crippen LogP contribution < -0.4 is 4.72 Å². The zero-order chi connectivity index (χ0) is 22.9. The molecule has 2 rings (SSSR count). The van der Waals surface area contributed by atoms with Gasteiger partial charge in [-0.2, -0.15) is 0 Å². The van der Waals surface area contributed by atoms with Crippen LogP contribution in [0.1, 0.15) is 66.0 Å². The van der Waals surface area contributed by atoms with Crippen LogP contribution in [0.15, 0.2) is 12.1 Å². The monoisotopic (exact) mass is 446 g/mol. The second-order valence-electron chi connectivity index (χ2n) is 9.58. The summed E-state index contributed by atoms with van der Waals surface area (Å²) in [5, 5.41) is 9.73. The molecule has 0 aliphatic carbocycles. The smallest absolute Gasteiger partial charge is 0.410 e. The Labute approximate surface area is 180 Å². The maximum Gasteiger partial charge on any atom is 0.410 e. The Morgan fingerprint density at radius 2 is 1.80 bits per heavy atom. The summed E-state index contributed by atoms with van der Waals surface area (Å²) in [6, 6.07) is 1.55. The lowest BCUT2D eigenvalue weighted by molar-refractivity contribution is 0.0171. The number of amides is 1. The number of aromatic hydroxyl groups is 1. The van der Waals surface area contributed by atoms with Gasteiger partial charge in [0.05, 0.1) is 6.04 Å². The van der Waals surface area contributed by atoms with Crippen molar-refractivity contribution in [1.29, 1.82) is 0 Å². The lowest BCUT2D eigenvalue weighted by Crippen LogP contribution is -2.47. The van der Waals surface area contributed by atoms with E-state index in [9.17, 15) is 23.2 Å². The average molecular weight is 447 g/mol. The topological polar surface area (TPSA) is 84.9 Å². The van der Waals surface area contributed by atoms with Gasteiger partial charge in [-0.3, -0.25) is 0 Å². The Hall–Kier alpha value is -1.58. The minimum Gasteiger partial charge on any atom is -0.598 e. The summed E-state index contributed by atoms with van der Waals surface area (Å²) in [6.45, 7) is 11.5. The predicted molar refractivity (Wildman–Crippen MR) is 112 cm³/mol. The maximum absolute atomic E-state index is 14.7. The first kappa shape index (κ1) is 24.7. The van der Waals surface area contributed by atoms with Crippen molar-refractivity contribution in [2.24, 2.45) is 5.92 Å². The van der Waals surface area contributed by atoms with E-state index in [2.05, 4.69) is 4.72 Å². The number of rotatable bonds is 4. The number of likely N-dealkylation sites (tertiary alicyclic amines) is 1. The molecule has 1 saturated heterocycles. The summed E-state index contributed by atoms with van der Waals surface area (Å²) in [7, 11) is 0. The molecular weight excluding hydrogens is 414 g/mol. The van der Waals surface area contributed by atoms with Crippen LogP contribution in [0.5, 0.6) is 5.75 Å². The summed E-state index contributed by atoms with van der Waals surface area (Å²) >= 11 is -1.52. The number of hydrogen-bond acceptors (Lipinski definition) is 5. The number of carbonyl (C=O) groups excluding carboxylic acids is 1. The Bertz CT molecular complexity index is 757. The molecular formula is C21H32F2N2O4S. The van der Waals surface area contributed by atoms with Crippen molar-refractivity contribution in [3.8, 4) is 5.75 Å². The average Bonchev–Trinajstić information content (AvgIpc) is 2.62. The molecule has 0 radical (unpaired) electrons. The molecule has 1 aromatic carbocycles. The first-order valence-corrected chi connectivity index (χ1v) is 11.2. The minimum atomic E-state index is -1.52. The third kappa shape index (κ3) is 6.21. The third-order valence-corrected chi connectivity index (χ3v) is 6.47. The standard InChI is InChI=1S/C21H32F2N2O4S/c1-20(2,3)29-19(27)25-11-9-13(10-12-25)17(24-30(28)21(4,5)6)14-7-8-15(22)18(26)16(14)23/h7-8,13,17,24,26H,9-12H2,1-6H3. The van der Waals surface area contributed by atoms with Gasteiger partial charge in [-0.15, -0.1) is 4.72 Å².